The SMILES string of the molecule is C=C(C)C(=O)Nc1cccc(C(=O)Nc2[nH]ncc2C2=NN(c3c(Cl)cc(Cl)cc3Cl)C(=O)C2)c1. The second kappa shape index (κ2) is 9.91. The number of hydrazone groups is 1. The molecule has 178 valence electrons. The van der Waals surface area contributed by atoms with E-state index in [4.69, 9.17) is 34.8 Å². The molecule has 3 aromatic rings. The van der Waals surface area contributed by atoms with Gasteiger partial charge in [-0.3, -0.25) is 19.5 Å². The maximum absolute atomic E-state index is 12.9. The lowest BCUT2D eigenvalue weighted by atomic mass is 10.1. The number of hydrogen-bond donors (Lipinski definition) is 3. The van der Waals surface area contributed by atoms with Gasteiger partial charge in [-0.2, -0.15) is 15.2 Å². The highest BCUT2D eigenvalue weighted by molar-refractivity contribution is 6.42. The van der Waals surface area contributed by atoms with E-state index in [2.05, 4.69) is 32.5 Å². The molecule has 0 bridgehead atoms. The van der Waals surface area contributed by atoms with Crippen molar-refractivity contribution in [1.82, 2.24) is 10.2 Å². The monoisotopic (exact) mass is 530 g/mol. The van der Waals surface area contributed by atoms with Crippen molar-refractivity contribution in [2.24, 2.45) is 5.10 Å². The molecule has 0 saturated carbocycles. The summed E-state index contributed by atoms with van der Waals surface area (Å²) in [7, 11) is 0. The number of aromatic nitrogens is 2. The van der Waals surface area contributed by atoms with Crippen LogP contribution in [0.4, 0.5) is 17.2 Å². The van der Waals surface area contributed by atoms with Gasteiger partial charge in [0.15, 0.2) is 0 Å². The van der Waals surface area contributed by atoms with Gasteiger partial charge in [-0.1, -0.05) is 47.4 Å². The summed E-state index contributed by atoms with van der Waals surface area (Å²) < 4.78 is 0. The van der Waals surface area contributed by atoms with Crippen LogP contribution in [0.25, 0.3) is 0 Å². The Morgan fingerprint density at radius 3 is 2.51 bits per heavy atom. The summed E-state index contributed by atoms with van der Waals surface area (Å²) in [4.78, 5) is 37.4. The number of rotatable bonds is 6. The van der Waals surface area contributed by atoms with Crippen molar-refractivity contribution in [3.63, 3.8) is 0 Å². The van der Waals surface area contributed by atoms with Gasteiger partial charge < -0.3 is 10.6 Å². The molecule has 0 fully saturated rings. The minimum absolute atomic E-state index is 0.0693. The molecule has 3 N–H and O–H groups in total. The van der Waals surface area contributed by atoms with Crippen LogP contribution in [-0.4, -0.2) is 33.6 Å². The number of carbonyl (C=O) groups excluding carboxylic acids is 3. The standard InChI is InChI=1S/C23H17Cl3N6O3/c1-11(2)22(34)28-14-5-3-4-12(6-14)23(35)29-21-15(10-27-30-21)18-9-19(33)32(31-18)20-16(25)7-13(24)8-17(20)26/h3-8,10H,1,9H2,2H3,(H,28,34)(H2,27,29,30,35). The Morgan fingerprint density at radius 2 is 1.83 bits per heavy atom. The number of aromatic amines is 1. The summed E-state index contributed by atoms with van der Waals surface area (Å²) in [6, 6.07) is 9.32. The zero-order valence-electron chi connectivity index (χ0n) is 18.2. The molecule has 12 heteroatoms. The number of benzene rings is 2. The molecule has 9 nitrogen and oxygen atoms in total. The van der Waals surface area contributed by atoms with Crippen molar-refractivity contribution in [2.45, 2.75) is 13.3 Å². The summed E-state index contributed by atoms with van der Waals surface area (Å²) in [5.41, 5.74) is 2.04. The third-order valence-electron chi connectivity index (χ3n) is 4.93. The molecule has 4 rings (SSSR count). The van der Waals surface area contributed by atoms with Gasteiger partial charge in [0, 0.05) is 21.8 Å². The van der Waals surface area contributed by atoms with Gasteiger partial charge in [-0.05, 0) is 37.3 Å². The van der Waals surface area contributed by atoms with E-state index in [0.717, 1.165) is 5.01 Å². The maximum Gasteiger partial charge on any atom is 0.256 e. The van der Waals surface area contributed by atoms with Gasteiger partial charge in [-0.15, -0.1) is 0 Å². The zero-order chi connectivity index (χ0) is 25.3. The number of H-pyrrole nitrogens is 1. The van der Waals surface area contributed by atoms with Gasteiger partial charge >= 0.3 is 0 Å². The smallest absolute Gasteiger partial charge is 0.256 e. The van der Waals surface area contributed by atoms with Gasteiger partial charge in [0.2, 0.25) is 0 Å². The van der Waals surface area contributed by atoms with E-state index in [1.165, 1.54) is 24.4 Å². The fourth-order valence-electron chi connectivity index (χ4n) is 3.25. The molecule has 0 unspecified atom stereocenters. The molecule has 1 aliphatic rings. The molecular weight excluding hydrogens is 515 g/mol. The van der Waals surface area contributed by atoms with E-state index in [0.29, 0.717) is 27.6 Å². The lowest BCUT2D eigenvalue weighted by molar-refractivity contribution is -0.117. The highest BCUT2D eigenvalue weighted by Crippen LogP contribution is 2.39. The Bertz CT molecular complexity index is 1390. The first-order valence-electron chi connectivity index (χ1n) is 10.1. The van der Waals surface area contributed by atoms with Crippen LogP contribution >= 0.6 is 34.8 Å². The van der Waals surface area contributed by atoms with E-state index in [-0.39, 0.29) is 45.3 Å². The zero-order valence-corrected chi connectivity index (χ0v) is 20.4. The summed E-state index contributed by atoms with van der Waals surface area (Å²) in [6.07, 6.45) is 1.37. The first kappa shape index (κ1) is 24.5. The topological polar surface area (TPSA) is 120 Å². The molecule has 2 heterocycles. The Hall–Kier alpha value is -3.66. The minimum atomic E-state index is -0.465. The molecule has 2 aromatic carbocycles. The van der Waals surface area contributed by atoms with Crippen molar-refractivity contribution < 1.29 is 14.4 Å². The number of nitrogens with one attached hydrogen (secondary N) is 3. The van der Waals surface area contributed by atoms with Crippen LogP contribution < -0.4 is 15.6 Å². The Kier molecular flexibility index (Phi) is 6.93. The second-order valence-corrected chi connectivity index (χ2v) is 8.83. The highest BCUT2D eigenvalue weighted by atomic mass is 35.5. The average molecular weight is 532 g/mol. The highest BCUT2D eigenvalue weighted by Gasteiger charge is 2.31. The van der Waals surface area contributed by atoms with Crippen LogP contribution in [0.5, 0.6) is 0 Å². The molecule has 1 aromatic heterocycles. The fraction of sp³-hybridized carbons (Fsp3) is 0.0870. The van der Waals surface area contributed by atoms with E-state index in [1.54, 1.807) is 25.1 Å². The molecule has 35 heavy (non-hydrogen) atoms. The van der Waals surface area contributed by atoms with E-state index < -0.39 is 5.91 Å². The second-order valence-electron chi connectivity index (χ2n) is 7.58. The lowest BCUT2D eigenvalue weighted by Gasteiger charge is -2.15. The van der Waals surface area contributed by atoms with Gasteiger partial charge in [0.1, 0.15) is 11.5 Å². The molecule has 0 atom stereocenters. The minimum Gasteiger partial charge on any atom is -0.322 e. The number of carbonyl (C=O) groups is 3. The van der Waals surface area contributed by atoms with Crippen LogP contribution in [0.2, 0.25) is 15.1 Å². The molecule has 0 radical (unpaired) electrons. The van der Waals surface area contributed by atoms with Gasteiger partial charge in [0.05, 0.1) is 33.9 Å². The number of amides is 3. The molecule has 0 saturated heterocycles. The van der Waals surface area contributed by atoms with Crippen LogP contribution in [0.1, 0.15) is 29.3 Å². The number of nitrogens with zero attached hydrogens (tertiary/aromatic N) is 3. The summed E-state index contributed by atoms with van der Waals surface area (Å²) in [6.45, 7) is 5.17. The quantitative estimate of drug-likeness (QED) is 0.375. The van der Waals surface area contributed by atoms with Crippen molar-refractivity contribution in [3.8, 4) is 0 Å². The Balaban J connectivity index is 1.57. The molecule has 0 spiro atoms. The van der Waals surface area contributed by atoms with Crippen LogP contribution in [0.3, 0.4) is 0 Å². The number of hydrogen-bond acceptors (Lipinski definition) is 5. The first-order chi connectivity index (χ1) is 16.6. The van der Waals surface area contributed by atoms with Crippen molar-refractivity contribution in [2.75, 3.05) is 15.6 Å². The normalized spacial score (nSPS) is 13.0. The first-order valence-corrected chi connectivity index (χ1v) is 11.2. The van der Waals surface area contributed by atoms with Crippen LogP contribution in [0, 0.1) is 0 Å². The molecule has 0 aliphatic carbocycles. The van der Waals surface area contributed by atoms with Crippen molar-refractivity contribution in [3.05, 3.63) is 80.9 Å². The largest absolute Gasteiger partial charge is 0.322 e. The average Bonchev–Trinajstić information content (AvgIpc) is 3.39. The van der Waals surface area contributed by atoms with Gasteiger partial charge in [-0.25, -0.2) is 0 Å². The Morgan fingerprint density at radius 1 is 1.11 bits per heavy atom. The van der Waals surface area contributed by atoms with Gasteiger partial charge in [0.25, 0.3) is 17.7 Å². The molecule has 1 aliphatic heterocycles. The van der Waals surface area contributed by atoms with E-state index in [1.807, 2.05) is 0 Å². The third-order valence-corrected chi connectivity index (χ3v) is 5.72. The van der Waals surface area contributed by atoms with Crippen molar-refractivity contribution >= 4 is 75.4 Å². The predicted molar refractivity (Wildman–Crippen MR) is 137 cm³/mol. The van der Waals surface area contributed by atoms with E-state index in [9.17, 15) is 14.4 Å². The van der Waals surface area contributed by atoms with E-state index >= 15 is 0 Å². The molecular formula is C23H17Cl3N6O3. The van der Waals surface area contributed by atoms with Crippen LogP contribution in [-0.2, 0) is 9.59 Å². The summed E-state index contributed by atoms with van der Waals surface area (Å²) in [5.74, 6) is -0.945. The maximum atomic E-state index is 12.9. The predicted octanol–water partition coefficient (Wildman–Crippen LogP) is 5.28. The summed E-state index contributed by atoms with van der Waals surface area (Å²) >= 11 is 18.4. The summed E-state index contributed by atoms with van der Waals surface area (Å²) in [5, 5.41) is 18.2. The Labute approximate surface area is 214 Å². The third kappa shape index (κ3) is 5.22. The van der Waals surface area contributed by atoms with Crippen LogP contribution in [0.15, 0.2) is 59.8 Å². The number of anilines is 3. The lowest BCUT2D eigenvalue weighted by Crippen LogP contribution is -2.20. The number of halogens is 3. The molecule has 3 amide bonds. The fourth-order valence-corrected chi connectivity index (χ4v) is 4.23. The van der Waals surface area contributed by atoms with Crippen molar-refractivity contribution in [1.29, 1.82) is 0 Å².